The van der Waals surface area contributed by atoms with Crippen molar-refractivity contribution in [3.05, 3.63) is 91.0 Å². The Hall–Kier alpha value is -4.43. The average Bonchev–Trinajstić information content (AvgIpc) is 3.66. The molecule has 1 fully saturated rings. The van der Waals surface area contributed by atoms with E-state index in [0.29, 0.717) is 5.69 Å². The molecule has 0 radical (unpaired) electrons. The van der Waals surface area contributed by atoms with Gasteiger partial charge in [-0.05, 0) is 48.7 Å². The molecule has 0 bridgehead atoms. The first kappa shape index (κ1) is 22.1. The standard InChI is InChI=1S/C28H26N6O2/c35-28(36-26-7-4-12-29-26)33-23-10-8-20(9-11-23)21-13-24-25(16-31-27(24)30-14-21)22-15-32-34(18-22)17-19-5-2-1-3-6-19/h1-3,5-6,8-11,13-16,18,26,29H,4,7,12,17H2,(H,30,31)(H,33,35). The van der Waals surface area contributed by atoms with Gasteiger partial charge in [-0.2, -0.15) is 5.10 Å². The molecule has 0 aliphatic carbocycles. The van der Waals surface area contributed by atoms with Gasteiger partial charge in [0.1, 0.15) is 5.65 Å². The van der Waals surface area contributed by atoms with Gasteiger partial charge in [-0.3, -0.25) is 15.3 Å². The number of aromatic nitrogens is 4. The van der Waals surface area contributed by atoms with E-state index in [1.165, 1.54) is 5.56 Å². The maximum absolute atomic E-state index is 12.1. The smallest absolute Gasteiger partial charge is 0.413 e. The maximum Gasteiger partial charge on any atom is 0.413 e. The van der Waals surface area contributed by atoms with Crippen LogP contribution in [0, 0.1) is 0 Å². The minimum absolute atomic E-state index is 0.205. The van der Waals surface area contributed by atoms with Crippen molar-refractivity contribution in [3.8, 4) is 22.3 Å². The molecule has 36 heavy (non-hydrogen) atoms. The molecule has 8 nitrogen and oxygen atoms in total. The third-order valence-electron chi connectivity index (χ3n) is 6.39. The molecule has 3 aromatic heterocycles. The molecular weight excluding hydrogens is 452 g/mol. The van der Waals surface area contributed by atoms with Crippen LogP contribution in [0.5, 0.6) is 0 Å². The first-order chi connectivity index (χ1) is 17.7. The molecule has 0 saturated carbocycles. The zero-order chi connectivity index (χ0) is 24.3. The van der Waals surface area contributed by atoms with Crippen molar-refractivity contribution >= 4 is 22.8 Å². The fraction of sp³-hybridized carbons (Fsp3) is 0.179. The van der Waals surface area contributed by atoms with Gasteiger partial charge in [-0.1, -0.05) is 42.5 Å². The number of nitrogens with one attached hydrogen (secondary N) is 3. The largest absolute Gasteiger partial charge is 0.430 e. The van der Waals surface area contributed by atoms with Crippen LogP contribution in [-0.4, -0.2) is 38.6 Å². The summed E-state index contributed by atoms with van der Waals surface area (Å²) in [5, 5.41) is 11.5. The Morgan fingerprint density at radius 3 is 2.72 bits per heavy atom. The van der Waals surface area contributed by atoms with Crippen molar-refractivity contribution in [3.63, 3.8) is 0 Å². The molecule has 5 aromatic rings. The van der Waals surface area contributed by atoms with E-state index in [1.54, 1.807) is 0 Å². The van der Waals surface area contributed by atoms with Crippen LogP contribution in [0.2, 0.25) is 0 Å². The van der Waals surface area contributed by atoms with Gasteiger partial charge >= 0.3 is 6.09 Å². The number of ether oxygens (including phenoxy) is 1. The van der Waals surface area contributed by atoms with Gasteiger partial charge in [0.2, 0.25) is 0 Å². The van der Waals surface area contributed by atoms with Crippen molar-refractivity contribution < 1.29 is 9.53 Å². The fourth-order valence-electron chi connectivity index (χ4n) is 4.54. The van der Waals surface area contributed by atoms with Crippen LogP contribution in [0.1, 0.15) is 18.4 Å². The van der Waals surface area contributed by atoms with Gasteiger partial charge in [0, 0.05) is 46.4 Å². The van der Waals surface area contributed by atoms with Crippen molar-refractivity contribution in [2.45, 2.75) is 25.6 Å². The third kappa shape index (κ3) is 4.71. The monoisotopic (exact) mass is 478 g/mol. The van der Waals surface area contributed by atoms with Crippen molar-refractivity contribution in [1.29, 1.82) is 0 Å². The summed E-state index contributed by atoms with van der Waals surface area (Å²) < 4.78 is 7.32. The first-order valence-corrected chi connectivity index (χ1v) is 12.1. The molecule has 4 heterocycles. The van der Waals surface area contributed by atoms with E-state index in [-0.39, 0.29) is 6.23 Å². The summed E-state index contributed by atoms with van der Waals surface area (Å²) in [5.41, 5.74) is 6.80. The van der Waals surface area contributed by atoms with Crippen LogP contribution in [0.3, 0.4) is 0 Å². The molecule has 0 spiro atoms. The number of carbonyl (C=O) groups excluding carboxylic acids is 1. The first-order valence-electron chi connectivity index (χ1n) is 12.1. The number of hydrogen-bond acceptors (Lipinski definition) is 5. The zero-order valence-corrected chi connectivity index (χ0v) is 19.6. The molecule has 8 heteroatoms. The number of benzene rings is 2. The zero-order valence-electron chi connectivity index (χ0n) is 19.6. The quantitative estimate of drug-likeness (QED) is 0.304. The SMILES string of the molecule is O=C(Nc1ccc(-c2cnc3[nH]cc(-c4cnn(Cc5ccccc5)c4)c3c2)cc1)OC1CCCN1. The van der Waals surface area contributed by atoms with Gasteiger partial charge in [0.25, 0.3) is 0 Å². The lowest BCUT2D eigenvalue weighted by Gasteiger charge is -2.13. The number of carbonyl (C=O) groups is 1. The number of anilines is 1. The molecule has 180 valence electrons. The Labute approximate surface area is 208 Å². The Kier molecular flexibility index (Phi) is 5.93. The van der Waals surface area contributed by atoms with Gasteiger partial charge in [-0.25, -0.2) is 9.78 Å². The summed E-state index contributed by atoms with van der Waals surface area (Å²) in [5.74, 6) is 0. The molecule has 1 unspecified atom stereocenters. The molecule has 2 aromatic carbocycles. The minimum atomic E-state index is -0.449. The number of rotatable bonds is 6. The number of fused-ring (bicyclic) bond motifs is 1. The highest BCUT2D eigenvalue weighted by atomic mass is 16.6. The Morgan fingerprint density at radius 2 is 1.92 bits per heavy atom. The second-order valence-electron chi connectivity index (χ2n) is 8.93. The van der Waals surface area contributed by atoms with E-state index >= 15 is 0 Å². The molecule has 3 N–H and O–H groups in total. The topological polar surface area (TPSA) is 96.9 Å². The van der Waals surface area contributed by atoms with E-state index in [2.05, 4.69) is 50.1 Å². The summed E-state index contributed by atoms with van der Waals surface area (Å²) >= 11 is 0. The van der Waals surface area contributed by atoms with Crippen LogP contribution < -0.4 is 10.6 Å². The number of amides is 1. The Morgan fingerprint density at radius 1 is 1.06 bits per heavy atom. The molecule has 6 rings (SSSR count). The lowest BCUT2D eigenvalue weighted by Crippen LogP contribution is -2.29. The molecule has 1 saturated heterocycles. The predicted molar refractivity (Wildman–Crippen MR) is 139 cm³/mol. The summed E-state index contributed by atoms with van der Waals surface area (Å²) in [6.07, 6.45) is 8.98. The predicted octanol–water partition coefficient (Wildman–Crippen LogP) is 5.40. The van der Waals surface area contributed by atoms with E-state index in [0.717, 1.165) is 59.2 Å². The van der Waals surface area contributed by atoms with Gasteiger partial charge < -0.3 is 9.72 Å². The number of aromatic amines is 1. The van der Waals surface area contributed by atoms with Crippen molar-refractivity contribution in [2.75, 3.05) is 11.9 Å². The minimum Gasteiger partial charge on any atom is -0.430 e. The molecular formula is C28H26N6O2. The van der Waals surface area contributed by atoms with E-state index < -0.39 is 6.09 Å². The summed E-state index contributed by atoms with van der Waals surface area (Å²) in [6.45, 7) is 1.60. The van der Waals surface area contributed by atoms with Crippen molar-refractivity contribution in [2.24, 2.45) is 0 Å². The average molecular weight is 479 g/mol. The lowest BCUT2D eigenvalue weighted by atomic mass is 10.0. The number of hydrogen-bond donors (Lipinski definition) is 3. The van der Waals surface area contributed by atoms with Gasteiger partial charge in [-0.15, -0.1) is 0 Å². The molecule has 1 aliphatic rings. The van der Waals surface area contributed by atoms with E-state index in [1.807, 2.05) is 65.7 Å². The van der Waals surface area contributed by atoms with E-state index in [9.17, 15) is 4.79 Å². The highest BCUT2D eigenvalue weighted by molar-refractivity contribution is 5.95. The summed E-state index contributed by atoms with van der Waals surface area (Å²) in [6, 6.07) is 20.1. The normalized spacial score (nSPS) is 15.3. The van der Waals surface area contributed by atoms with Gasteiger partial charge in [0.05, 0.1) is 12.7 Å². The van der Waals surface area contributed by atoms with Gasteiger partial charge in [0.15, 0.2) is 6.23 Å². The second kappa shape index (κ2) is 9.67. The van der Waals surface area contributed by atoms with Crippen molar-refractivity contribution in [1.82, 2.24) is 25.1 Å². The number of pyridine rings is 1. The van der Waals surface area contributed by atoms with E-state index in [4.69, 9.17) is 4.74 Å². The van der Waals surface area contributed by atoms with Crippen LogP contribution in [-0.2, 0) is 11.3 Å². The second-order valence-corrected chi connectivity index (χ2v) is 8.93. The van der Waals surface area contributed by atoms with Crippen LogP contribution in [0.15, 0.2) is 85.5 Å². The lowest BCUT2D eigenvalue weighted by molar-refractivity contribution is 0.102. The number of nitrogens with zero attached hydrogens (tertiary/aromatic N) is 3. The van der Waals surface area contributed by atoms with Crippen LogP contribution >= 0.6 is 0 Å². The molecule has 1 aliphatic heterocycles. The van der Waals surface area contributed by atoms with Crippen LogP contribution in [0.25, 0.3) is 33.3 Å². The third-order valence-corrected chi connectivity index (χ3v) is 6.39. The highest BCUT2D eigenvalue weighted by Crippen LogP contribution is 2.31. The fourth-order valence-corrected chi connectivity index (χ4v) is 4.54. The Balaban J connectivity index is 1.19. The molecule has 1 atom stereocenters. The maximum atomic E-state index is 12.1. The van der Waals surface area contributed by atoms with Crippen LogP contribution in [0.4, 0.5) is 10.5 Å². The summed E-state index contributed by atoms with van der Waals surface area (Å²) in [7, 11) is 0. The number of H-pyrrole nitrogens is 1. The Bertz CT molecular complexity index is 1480. The molecule has 1 amide bonds. The summed E-state index contributed by atoms with van der Waals surface area (Å²) in [4.78, 5) is 20.0. The highest BCUT2D eigenvalue weighted by Gasteiger charge is 2.18.